The van der Waals surface area contributed by atoms with Crippen molar-refractivity contribution >= 4 is 29.7 Å². The number of aliphatic imine (C=N–C) groups is 4. The molecular formula is C32H36FN5O. The molecule has 2 aromatic rings. The van der Waals surface area contributed by atoms with Crippen LogP contribution in [0.2, 0.25) is 0 Å². The summed E-state index contributed by atoms with van der Waals surface area (Å²) in [5, 5.41) is 10.8. The summed E-state index contributed by atoms with van der Waals surface area (Å²) in [6.07, 6.45) is 11.4. The standard InChI is InChI=1S/C32H36FN5O/c1-31(2)36-17-28(37-31)20-7-9-26(34-16-20)21-13-25(33)29(24-15-32(14-23(21)24)10-4-5-11-32)19-6-8-27-22(12-19)30(39)38(3)18-35-27/h6,8,12-13,17-18,20,30,39H,4-5,7,9-11,14-16H2,1-3H3. The molecule has 1 spiro atoms. The quantitative estimate of drug-likeness (QED) is 0.518. The van der Waals surface area contributed by atoms with Crippen LogP contribution in [0.1, 0.15) is 80.9 Å². The smallest absolute Gasteiger partial charge is 0.155 e. The first-order valence-electron chi connectivity index (χ1n) is 14.3. The summed E-state index contributed by atoms with van der Waals surface area (Å²) in [5.74, 6) is 0.0834. The zero-order valence-electron chi connectivity index (χ0n) is 23.0. The number of rotatable bonds is 3. The Morgan fingerprint density at radius 2 is 1.87 bits per heavy atom. The third-order valence-electron chi connectivity index (χ3n) is 9.50. The van der Waals surface area contributed by atoms with Gasteiger partial charge in [-0.05, 0) is 92.7 Å². The average molecular weight is 526 g/mol. The molecule has 0 aromatic heterocycles. The summed E-state index contributed by atoms with van der Waals surface area (Å²) in [6.45, 7) is 4.72. The predicted octanol–water partition coefficient (Wildman–Crippen LogP) is 6.21. The van der Waals surface area contributed by atoms with Crippen molar-refractivity contribution in [3.8, 4) is 11.1 Å². The number of fused-ring (bicyclic) bond motifs is 2. The van der Waals surface area contributed by atoms with Crippen molar-refractivity contribution in [1.29, 1.82) is 0 Å². The van der Waals surface area contributed by atoms with Crippen molar-refractivity contribution in [2.45, 2.75) is 77.1 Å². The second-order valence-corrected chi connectivity index (χ2v) is 12.7. The molecule has 0 radical (unpaired) electrons. The van der Waals surface area contributed by atoms with Gasteiger partial charge in [0.15, 0.2) is 6.23 Å². The molecule has 5 aliphatic rings. The fourth-order valence-corrected chi connectivity index (χ4v) is 7.43. The van der Waals surface area contributed by atoms with Crippen LogP contribution >= 0.6 is 0 Å². The van der Waals surface area contributed by atoms with Gasteiger partial charge in [0, 0.05) is 48.1 Å². The van der Waals surface area contributed by atoms with E-state index in [2.05, 4.69) is 9.98 Å². The summed E-state index contributed by atoms with van der Waals surface area (Å²) < 4.78 is 16.2. The normalized spacial score (nSPS) is 26.1. The Labute approximate surface area is 229 Å². The lowest BCUT2D eigenvalue weighted by molar-refractivity contribution is 0.0710. The van der Waals surface area contributed by atoms with Crippen LogP contribution in [0.25, 0.3) is 11.1 Å². The minimum Gasteiger partial charge on any atom is -0.369 e. The van der Waals surface area contributed by atoms with Gasteiger partial charge in [-0.15, -0.1) is 0 Å². The summed E-state index contributed by atoms with van der Waals surface area (Å²) in [5.41, 5.74) is 8.35. The number of hydrogen-bond acceptors (Lipinski definition) is 6. The minimum absolute atomic E-state index is 0.195. The molecule has 0 saturated heterocycles. The van der Waals surface area contributed by atoms with E-state index in [1.807, 2.05) is 38.3 Å². The zero-order valence-corrected chi connectivity index (χ0v) is 23.0. The molecule has 7 rings (SSSR count). The van der Waals surface area contributed by atoms with Crippen LogP contribution < -0.4 is 0 Å². The van der Waals surface area contributed by atoms with Gasteiger partial charge in [-0.25, -0.2) is 9.38 Å². The molecule has 1 N–H and O–H groups in total. The van der Waals surface area contributed by atoms with Gasteiger partial charge < -0.3 is 10.0 Å². The number of benzene rings is 2. The number of halogens is 1. The van der Waals surface area contributed by atoms with Gasteiger partial charge in [-0.2, -0.15) is 0 Å². The maximum absolute atomic E-state index is 16.2. The molecule has 0 bridgehead atoms. The lowest BCUT2D eigenvalue weighted by Crippen LogP contribution is -2.25. The molecule has 39 heavy (non-hydrogen) atoms. The third-order valence-corrected chi connectivity index (χ3v) is 9.50. The monoisotopic (exact) mass is 525 g/mol. The van der Waals surface area contributed by atoms with E-state index in [9.17, 15) is 5.11 Å². The number of aliphatic hydroxyl groups excluding tert-OH is 1. The Hall–Kier alpha value is -3.19. The molecule has 1 fully saturated rings. The Morgan fingerprint density at radius 1 is 1.08 bits per heavy atom. The molecule has 2 atom stereocenters. The molecule has 7 heteroatoms. The average Bonchev–Trinajstić information content (AvgIpc) is 3.64. The Balaban J connectivity index is 1.29. The molecule has 3 aliphatic heterocycles. The molecule has 2 unspecified atom stereocenters. The molecule has 0 amide bonds. The fraction of sp³-hybridized carbons (Fsp3) is 0.500. The van der Waals surface area contributed by atoms with E-state index in [1.165, 1.54) is 31.2 Å². The highest BCUT2D eigenvalue weighted by Gasteiger charge is 2.43. The van der Waals surface area contributed by atoms with Crippen molar-refractivity contribution in [3.63, 3.8) is 0 Å². The van der Waals surface area contributed by atoms with Gasteiger partial charge in [0.25, 0.3) is 0 Å². The minimum atomic E-state index is -0.793. The van der Waals surface area contributed by atoms with E-state index < -0.39 is 6.23 Å². The van der Waals surface area contributed by atoms with Crippen molar-refractivity contribution in [1.82, 2.24) is 4.90 Å². The van der Waals surface area contributed by atoms with E-state index >= 15 is 4.39 Å². The third kappa shape index (κ3) is 4.17. The predicted molar refractivity (Wildman–Crippen MR) is 155 cm³/mol. The maximum Gasteiger partial charge on any atom is 0.155 e. The number of nitrogens with zero attached hydrogens (tertiary/aromatic N) is 5. The van der Waals surface area contributed by atoms with Gasteiger partial charge in [0.05, 0.1) is 17.7 Å². The Morgan fingerprint density at radius 3 is 2.59 bits per heavy atom. The van der Waals surface area contributed by atoms with Crippen molar-refractivity contribution in [2.75, 3.05) is 13.6 Å². The van der Waals surface area contributed by atoms with E-state index in [-0.39, 0.29) is 22.8 Å². The van der Waals surface area contributed by atoms with Crippen molar-refractivity contribution in [2.24, 2.45) is 31.3 Å². The van der Waals surface area contributed by atoms with Crippen LogP contribution in [0.3, 0.4) is 0 Å². The van der Waals surface area contributed by atoms with Crippen LogP contribution in [-0.4, -0.2) is 53.2 Å². The van der Waals surface area contributed by atoms with Gasteiger partial charge in [0.2, 0.25) is 0 Å². The van der Waals surface area contributed by atoms with Crippen molar-refractivity contribution in [3.05, 3.63) is 52.3 Å². The summed E-state index contributed by atoms with van der Waals surface area (Å²) in [4.78, 5) is 20.5. The summed E-state index contributed by atoms with van der Waals surface area (Å²) in [6, 6.07) is 7.54. The van der Waals surface area contributed by atoms with Crippen LogP contribution in [0.5, 0.6) is 0 Å². The molecule has 6 nitrogen and oxygen atoms in total. The van der Waals surface area contributed by atoms with Gasteiger partial charge in [0.1, 0.15) is 11.5 Å². The van der Waals surface area contributed by atoms with Gasteiger partial charge in [-0.1, -0.05) is 18.9 Å². The number of hydrogen-bond donors (Lipinski definition) is 1. The lowest BCUT2D eigenvalue weighted by Gasteiger charge is -2.27. The highest BCUT2D eigenvalue weighted by atomic mass is 19.1. The SMILES string of the molecule is CN1C=Nc2ccc(-c3c(F)cc(C4=NCC(C5=NC(C)(C)N=C5)CC4)c4c3CC3(CCCC3)C4)cc2C1O. The second kappa shape index (κ2) is 8.91. The topological polar surface area (TPSA) is 72.9 Å². The highest BCUT2D eigenvalue weighted by molar-refractivity contribution is 6.33. The molecule has 3 heterocycles. The van der Waals surface area contributed by atoms with Gasteiger partial charge >= 0.3 is 0 Å². The molecule has 202 valence electrons. The van der Waals surface area contributed by atoms with Crippen LogP contribution in [-0.2, 0) is 12.8 Å². The molecule has 2 aromatic carbocycles. The Kier molecular flexibility index (Phi) is 5.67. The van der Waals surface area contributed by atoms with Crippen LogP contribution in [0.15, 0.2) is 44.2 Å². The largest absolute Gasteiger partial charge is 0.369 e. The van der Waals surface area contributed by atoms with Crippen LogP contribution in [0, 0.1) is 17.2 Å². The second-order valence-electron chi connectivity index (χ2n) is 12.7. The first-order valence-corrected chi connectivity index (χ1v) is 14.3. The molecule has 1 saturated carbocycles. The maximum atomic E-state index is 16.2. The van der Waals surface area contributed by atoms with E-state index in [0.717, 1.165) is 59.5 Å². The first-order chi connectivity index (χ1) is 18.7. The van der Waals surface area contributed by atoms with E-state index in [0.29, 0.717) is 17.7 Å². The molecular weight excluding hydrogens is 489 g/mol. The van der Waals surface area contributed by atoms with Gasteiger partial charge in [-0.3, -0.25) is 15.0 Å². The Bertz CT molecular complexity index is 1480. The van der Waals surface area contributed by atoms with Crippen molar-refractivity contribution < 1.29 is 9.50 Å². The fourth-order valence-electron chi connectivity index (χ4n) is 7.43. The molecule has 2 aliphatic carbocycles. The number of aliphatic hydroxyl groups is 1. The first kappa shape index (κ1) is 24.8. The summed E-state index contributed by atoms with van der Waals surface area (Å²) >= 11 is 0. The highest BCUT2D eigenvalue weighted by Crippen LogP contribution is 2.53. The van der Waals surface area contributed by atoms with E-state index in [1.54, 1.807) is 24.4 Å². The lowest BCUT2D eigenvalue weighted by atomic mass is 9.82. The zero-order chi connectivity index (χ0) is 26.9. The van der Waals surface area contributed by atoms with Crippen LogP contribution in [0.4, 0.5) is 10.1 Å². The van der Waals surface area contributed by atoms with E-state index in [4.69, 9.17) is 9.98 Å². The summed E-state index contributed by atoms with van der Waals surface area (Å²) in [7, 11) is 1.79.